The fourth-order valence-corrected chi connectivity index (χ4v) is 3.45. The summed E-state index contributed by atoms with van der Waals surface area (Å²) in [5.41, 5.74) is 1.94. The Hall–Kier alpha value is -3.20. The van der Waals surface area contributed by atoms with E-state index in [1.165, 1.54) is 6.07 Å². The number of nitrogens with one attached hydrogen (secondary N) is 2. The number of halogens is 1. The highest BCUT2D eigenvalue weighted by molar-refractivity contribution is 5.99. The van der Waals surface area contributed by atoms with E-state index in [4.69, 9.17) is 4.74 Å². The third-order valence-electron chi connectivity index (χ3n) is 5.16. The van der Waals surface area contributed by atoms with E-state index in [1.807, 2.05) is 13.8 Å². The highest BCUT2D eigenvalue weighted by Gasteiger charge is 2.28. The van der Waals surface area contributed by atoms with Crippen LogP contribution in [0.3, 0.4) is 0 Å². The topological polar surface area (TPSA) is 86.8 Å². The van der Waals surface area contributed by atoms with E-state index in [-0.39, 0.29) is 17.8 Å². The van der Waals surface area contributed by atoms with E-state index in [2.05, 4.69) is 20.5 Å². The maximum Gasteiger partial charge on any atom is 0.409 e. The summed E-state index contributed by atoms with van der Waals surface area (Å²) < 4.78 is 20.1. The highest BCUT2D eigenvalue weighted by atomic mass is 19.1. The zero-order valence-corrected chi connectivity index (χ0v) is 18.0. The predicted octanol–water partition coefficient (Wildman–Crippen LogP) is 3.84. The van der Waals surface area contributed by atoms with Crippen molar-refractivity contribution in [2.45, 2.75) is 33.4 Å². The molecule has 1 atom stereocenters. The molecule has 1 aromatic heterocycles. The Bertz CT molecular complexity index is 922. The first kappa shape index (κ1) is 22.5. The first-order chi connectivity index (χ1) is 14.9. The molecule has 0 unspecified atom stereocenters. The molecular formula is C22H28FN5O3. The van der Waals surface area contributed by atoms with Crippen LogP contribution in [0.15, 0.2) is 36.5 Å². The second kappa shape index (κ2) is 10.2. The first-order valence-electron chi connectivity index (χ1n) is 10.3. The van der Waals surface area contributed by atoms with E-state index in [0.29, 0.717) is 44.0 Å². The number of urea groups is 1. The summed E-state index contributed by atoms with van der Waals surface area (Å²) in [7, 11) is 0. The molecule has 0 radical (unpaired) electrons. The van der Waals surface area contributed by atoms with E-state index in [0.717, 1.165) is 5.69 Å². The van der Waals surface area contributed by atoms with Gasteiger partial charge in [-0.25, -0.2) is 14.0 Å². The molecule has 0 aliphatic carbocycles. The van der Waals surface area contributed by atoms with Crippen LogP contribution < -0.4 is 10.6 Å². The zero-order chi connectivity index (χ0) is 22.4. The van der Waals surface area contributed by atoms with Crippen molar-refractivity contribution in [3.8, 4) is 0 Å². The number of rotatable bonds is 5. The smallest absolute Gasteiger partial charge is 0.409 e. The summed E-state index contributed by atoms with van der Waals surface area (Å²) in [4.78, 5) is 32.1. The lowest BCUT2D eigenvalue weighted by atomic mass is 10.1. The number of carbonyl (C=O) groups is 2. The van der Waals surface area contributed by atoms with Crippen LogP contribution in [0.2, 0.25) is 0 Å². The molecule has 2 aromatic rings. The molecule has 1 fully saturated rings. The number of nitrogens with zero attached hydrogens (tertiary/aromatic N) is 3. The average Bonchev–Trinajstić information content (AvgIpc) is 2.74. The lowest BCUT2D eigenvalue weighted by Gasteiger charge is -2.39. The van der Waals surface area contributed by atoms with E-state index in [1.54, 1.807) is 42.3 Å². The molecule has 1 aliphatic heterocycles. The number of hydrogen-bond acceptors (Lipinski definition) is 5. The Labute approximate surface area is 181 Å². The van der Waals surface area contributed by atoms with Crippen molar-refractivity contribution in [1.29, 1.82) is 0 Å². The number of amides is 3. The van der Waals surface area contributed by atoms with Gasteiger partial charge in [-0.05, 0) is 39.0 Å². The number of ether oxygens (including phenoxy) is 1. The van der Waals surface area contributed by atoms with Gasteiger partial charge in [-0.15, -0.1) is 0 Å². The van der Waals surface area contributed by atoms with Crippen molar-refractivity contribution in [3.63, 3.8) is 0 Å². The van der Waals surface area contributed by atoms with Crippen LogP contribution in [0.1, 0.15) is 25.1 Å². The maximum absolute atomic E-state index is 15.0. The molecule has 8 nitrogen and oxygen atoms in total. The summed E-state index contributed by atoms with van der Waals surface area (Å²) in [6.45, 7) is 7.99. The number of carbonyl (C=O) groups excluding carboxylic acids is 2. The van der Waals surface area contributed by atoms with Gasteiger partial charge in [0.15, 0.2) is 5.82 Å². The third kappa shape index (κ3) is 5.91. The number of piperazine rings is 1. The first-order valence-corrected chi connectivity index (χ1v) is 10.3. The van der Waals surface area contributed by atoms with Gasteiger partial charge in [0, 0.05) is 43.5 Å². The van der Waals surface area contributed by atoms with E-state index < -0.39 is 11.8 Å². The minimum absolute atomic E-state index is 0.0477. The molecule has 9 heteroatoms. The van der Waals surface area contributed by atoms with Gasteiger partial charge in [0.2, 0.25) is 0 Å². The summed E-state index contributed by atoms with van der Waals surface area (Å²) in [5, 5.41) is 5.20. The second-order valence-corrected chi connectivity index (χ2v) is 7.51. The number of anilines is 2. The Kier molecular flexibility index (Phi) is 7.41. The minimum Gasteiger partial charge on any atom is -0.450 e. The molecule has 3 amide bonds. The van der Waals surface area contributed by atoms with Crippen LogP contribution in [0.4, 0.5) is 25.4 Å². The van der Waals surface area contributed by atoms with Crippen LogP contribution in [0, 0.1) is 12.7 Å². The lowest BCUT2D eigenvalue weighted by molar-refractivity contribution is 0.0540. The SMILES string of the molecule is CCOC(=O)N1CCN(Cc2cccc(NC(=O)Nc3ccc(C)nc3)c2F)[C@@H](C)C1. The Morgan fingerprint density at radius 3 is 2.71 bits per heavy atom. The molecule has 0 saturated carbocycles. The highest BCUT2D eigenvalue weighted by Crippen LogP contribution is 2.22. The van der Waals surface area contributed by atoms with Crippen molar-refractivity contribution in [3.05, 3.63) is 53.6 Å². The van der Waals surface area contributed by atoms with Gasteiger partial charge in [0.05, 0.1) is 24.2 Å². The summed E-state index contributed by atoms with van der Waals surface area (Å²) in [6, 6.07) is 7.94. The largest absolute Gasteiger partial charge is 0.450 e. The molecule has 0 spiro atoms. The molecular weight excluding hydrogens is 401 g/mol. The molecule has 31 heavy (non-hydrogen) atoms. The standard InChI is InChI=1S/C22H28FN5O3/c1-4-31-22(30)28-11-10-27(16(3)13-28)14-17-6-5-7-19(20(17)23)26-21(29)25-18-9-8-15(2)24-12-18/h5-9,12,16H,4,10-11,13-14H2,1-3H3,(H2,25,26,29)/t16-/m0/s1. The molecule has 2 heterocycles. The van der Waals surface area contributed by atoms with Crippen LogP contribution in [-0.4, -0.2) is 59.2 Å². The van der Waals surface area contributed by atoms with Gasteiger partial charge in [-0.2, -0.15) is 0 Å². The van der Waals surface area contributed by atoms with Gasteiger partial charge in [0.1, 0.15) is 0 Å². The number of pyridine rings is 1. The molecule has 0 bridgehead atoms. The lowest BCUT2D eigenvalue weighted by Crippen LogP contribution is -2.53. The summed E-state index contributed by atoms with van der Waals surface area (Å²) >= 11 is 0. The molecule has 1 aliphatic rings. The van der Waals surface area contributed by atoms with Crippen molar-refractivity contribution in [1.82, 2.24) is 14.8 Å². The van der Waals surface area contributed by atoms with Gasteiger partial charge in [0.25, 0.3) is 0 Å². The number of aromatic nitrogens is 1. The number of aryl methyl sites for hydroxylation is 1. The molecule has 2 N–H and O–H groups in total. The van der Waals surface area contributed by atoms with Crippen molar-refractivity contribution >= 4 is 23.5 Å². The predicted molar refractivity (Wildman–Crippen MR) is 116 cm³/mol. The monoisotopic (exact) mass is 429 g/mol. The Balaban J connectivity index is 1.61. The summed E-state index contributed by atoms with van der Waals surface area (Å²) in [6.07, 6.45) is 1.22. The summed E-state index contributed by atoms with van der Waals surface area (Å²) in [5.74, 6) is -0.472. The van der Waals surface area contributed by atoms with Crippen LogP contribution in [0.25, 0.3) is 0 Å². The van der Waals surface area contributed by atoms with Crippen molar-refractivity contribution in [2.24, 2.45) is 0 Å². The zero-order valence-electron chi connectivity index (χ0n) is 18.0. The minimum atomic E-state index is -0.543. The third-order valence-corrected chi connectivity index (χ3v) is 5.16. The van der Waals surface area contributed by atoms with Crippen molar-refractivity contribution in [2.75, 3.05) is 36.9 Å². The van der Waals surface area contributed by atoms with Crippen molar-refractivity contribution < 1.29 is 18.7 Å². The molecule has 3 rings (SSSR count). The molecule has 1 saturated heterocycles. The maximum atomic E-state index is 15.0. The normalized spacial score (nSPS) is 16.6. The average molecular weight is 429 g/mol. The fourth-order valence-electron chi connectivity index (χ4n) is 3.45. The van der Waals surface area contributed by atoms with Gasteiger partial charge in [-0.3, -0.25) is 9.88 Å². The number of benzene rings is 1. The van der Waals surface area contributed by atoms with E-state index in [9.17, 15) is 9.59 Å². The second-order valence-electron chi connectivity index (χ2n) is 7.51. The van der Waals surface area contributed by atoms with Gasteiger partial charge < -0.3 is 20.3 Å². The van der Waals surface area contributed by atoms with E-state index >= 15 is 4.39 Å². The van der Waals surface area contributed by atoms with Gasteiger partial charge >= 0.3 is 12.1 Å². The fraction of sp³-hybridized carbons (Fsp3) is 0.409. The van der Waals surface area contributed by atoms with Crippen LogP contribution >= 0.6 is 0 Å². The van der Waals surface area contributed by atoms with Gasteiger partial charge in [-0.1, -0.05) is 12.1 Å². The molecule has 1 aromatic carbocycles. The quantitative estimate of drug-likeness (QED) is 0.754. The van der Waals surface area contributed by atoms with Crippen LogP contribution in [0.5, 0.6) is 0 Å². The Morgan fingerprint density at radius 1 is 1.23 bits per heavy atom. The Morgan fingerprint density at radius 2 is 2.03 bits per heavy atom. The van der Waals surface area contributed by atoms with Crippen LogP contribution in [-0.2, 0) is 11.3 Å². The number of hydrogen-bond donors (Lipinski definition) is 2. The molecule has 166 valence electrons.